The number of pyridine rings is 1. The molecule has 1 heterocycles. The van der Waals surface area contributed by atoms with Crippen LogP contribution in [0.4, 0.5) is 0 Å². The number of nitrogens with zero attached hydrogens (tertiary/aromatic N) is 2. The Morgan fingerprint density at radius 1 is 1.08 bits per heavy atom. The number of hydrogen-bond acceptors (Lipinski definition) is 8. The molecule has 0 radical (unpaired) electrons. The van der Waals surface area contributed by atoms with Crippen molar-refractivity contribution in [1.29, 1.82) is 0 Å². The molecular weight excluding hydrogens is 660 g/mol. The number of unbranched alkanes of at least 4 members (excludes halogenated alkanes) is 1. The van der Waals surface area contributed by atoms with E-state index in [1.165, 1.54) is 12.5 Å². The number of carbonyl (C=O) groups excluding carboxylic acids is 2. The Kier molecular flexibility index (Phi) is 13.8. The van der Waals surface area contributed by atoms with Crippen LogP contribution < -0.4 is 15.4 Å². The summed E-state index contributed by atoms with van der Waals surface area (Å²) in [4.78, 5) is 31.6. The third kappa shape index (κ3) is 10.9. The minimum atomic E-state index is -1.09. The summed E-state index contributed by atoms with van der Waals surface area (Å²) >= 11 is 8.42. The SMILES string of the molecule is CC(=O)NCCCN(CCCSc1ccc(Cl)c(CNC2(c3cnccc3-c3ccccc3OC3CC3)CC2)c1)C(=O)C(O)CCCCO. The summed E-state index contributed by atoms with van der Waals surface area (Å²) in [6.45, 7) is 3.57. The number of carbonyl (C=O) groups is 2. The van der Waals surface area contributed by atoms with Crippen molar-refractivity contribution in [3.8, 4) is 16.9 Å². The van der Waals surface area contributed by atoms with Crippen LogP contribution >= 0.6 is 23.4 Å². The van der Waals surface area contributed by atoms with E-state index in [-0.39, 0.29) is 24.0 Å². The molecule has 11 heteroatoms. The molecule has 0 saturated heterocycles. The number of thioether (sulfide) groups is 1. The number of rotatable bonds is 21. The maximum absolute atomic E-state index is 13.0. The van der Waals surface area contributed by atoms with Gasteiger partial charge in [0.2, 0.25) is 5.91 Å². The van der Waals surface area contributed by atoms with E-state index in [1.807, 2.05) is 30.6 Å². The lowest BCUT2D eigenvalue weighted by atomic mass is 9.94. The van der Waals surface area contributed by atoms with E-state index < -0.39 is 6.10 Å². The van der Waals surface area contributed by atoms with Crippen molar-refractivity contribution < 1.29 is 24.5 Å². The number of nitrogens with one attached hydrogen (secondary N) is 2. The number of aliphatic hydroxyl groups excluding tert-OH is 2. The average molecular weight is 709 g/mol. The van der Waals surface area contributed by atoms with Gasteiger partial charge < -0.3 is 30.5 Å². The Hall–Kier alpha value is -3.15. The lowest BCUT2D eigenvalue weighted by molar-refractivity contribution is -0.140. The maximum Gasteiger partial charge on any atom is 0.251 e. The average Bonchev–Trinajstić information content (AvgIpc) is 4.05. The van der Waals surface area contributed by atoms with E-state index in [2.05, 4.69) is 45.9 Å². The number of ether oxygens (including phenoxy) is 1. The molecule has 0 aliphatic heterocycles. The molecule has 2 amide bonds. The Balaban J connectivity index is 1.17. The van der Waals surface area contributed by atoms with E-state index in [0.29, 0.717) is 63.0 Å². The van der Waals surface area contributed by atoms with Crippen LogP contribution in [-0.4, -0.2) is 76.1 Å². The van der Waals surface area contributed by atoms with Crippen molar-refractivity contribution >= 4 is 35.2 Å². The molecule has 2 saturated carbocycles. The van der Waals surface area contributed by atoms with Crippen molar-refractivity contribution in [3.05, 3.63) is 77.1 Å². The van der Waals surface area contributed by atoms with Gasteiger partial charge in [-0.15, -0.1) is 11.8 Å². The molecule has 2 aliphatic carbocycles. The normalized spacial score (nSPS) is 15.4. The Morgan fingerprint density at radius 3 is 2.63 bits per heavy atom. The molecule has 1 unspecified atom stereocenters. The van der Waals surface area contributed by atoms with Crippen LogP contribution in [0.3, 0.4) is 0 Å². The highest BCUT2D eigenvalue weighted by atomic mass is 35.5. The first-order valence-electron chi connectivity index (χ1n) is 17.5. The molecule has 0 spiro atoms. The summed E-state index contributed by atoms with van der Waals surface area (Å²) in [5, 5.41) is 26.8. The van der Waals surface area contributed by atoms with E-state index in [1.54, 1.807) is 16.7 Å². The van der Waals surface area contributed by atoms with Crippen LogP contribution in [0.2, 0.25) is 5.02 Å². The van der Waals surface area contributed by atoms with Gasteiger partial charge in [0.1, 0.15) is 11.9 Å². The van der Waals surface area contributed by atoms with Gasteiger partial charge in [-0.2, -0.15) is 0 Å². The van der Waals surface area contributed by atoms with Crippen molar-refractivity contribution in [2.24, 2.45) is 0 Å². The van der Waals surface area contributed by atoms with E-state index in [9.17, 15) is 14.7 Å². The van der Waals surface area contributed by atoms with Gasteiger partial charge in [-0.1, -0.05) is 29.8 Å². The minimum absolute atomic E-state index is 0.0402. The van der Waals surface area contributed by atoms with Crippen molar-refractivity contribution in [3.63, 3.8) is 0 Å². The van der Waals surface area contributed by atoms with Crippen LogP contribution in [0, 0.1) is 0 Å². The molecule has 264 valence electrons. The number of aliphatic hydroxyl groups is 2. The second-order valence-corrected chi connectivity index (χ2v) is 14.6. The number of halogens is 1. The fraction of sp³-hybridized carbons (Fsp3) is 0.500. The van der Waals surface area contributed by atoms with Crippen molar-refractivity contribution in [2.75, 3.05) is 32.0 Å². The lowest BCUT2D eigenvalue weighted by Crippen LogP contribution is -2.41. The highest BCUT2D eigenvalue weighted by molar-refractivity contribution is 7.99. The largest absolute Gasteiger partial charge is 0.490 e. The molecule has 1 atom stereocenters. The summed E-state index contributed by atoms with van der Waals surface area (Å²) in [6, 6.07) is 16.5. The molecule has 3 aromatic rings. The first kappa shape index (κ1) is 37.1. The summed E-state index contributed by atoms with van der Waals surface area (Å²) < 4.78 is 6.27. The van der Waals surface area contributed by atoms with Gasteiger partial charge in [-0.3, -0.25) is 14.6 Å². The standard InChI is InChI=1S/C38H49ClN4O5S/c1-27(45)41-18-6-20-43(37(47)35(46)9-4-5-22-44)21-7-23-49-30-13-14-34(39)28(24-30)25-42-38(16-17-38)33-26-40-19-15-31(33)32-8-2-3-10-36(32)48-29-11-12-29/h2-3,8,10,13-15,19,24,26,29,35,42,44,46H,4-7,9,11-12,16-18,20-23,25H2,1H3,(H,41,45). The number of amides is 2. The molecule has 4 N–H and O–H groups in total. The number of hydrogen-bond donors (Lipinski definition) is 4. The Bertz CT molecular complexity index is 1550. The van der Waals surface area contributed by atoms with Crippen LogP contribution in [0.1, 0.15) is 75.8 Å². The summed E-state index contributed by atoms with van der Waals surface area (Å²) in [7, 11) is 0. The van der Waals surface area contributed by atoms with Gasteiger partial charge in [0.15, 0.2) is 0 Å². The summed E-state index contributed by atoms with van der Waals surface area (Å²) in [5.41, 5.74) is 4.27. The smallest absolute Gasteiger partial charge is 0.251 e. The van der Waals surface area contributed by atoms with E-state index >= 15 is 0 Å². The molecule has 2 aliphatic rings. The van der Waals surface area contributed by atoms with Gasteiger partial charge in [-0.25, -0.2) is 0 Å². The van der Waals surface area contributed by atoms with E-state index in [4.69, 9.17) is 21.4 Å². The third-order valence-electron chi connectivity index (χ3n) is 9.02. The second kappa shape index (κ2) is 18.2. The van der Waals surface area contributed by atoms with Gasteiger partial charge >= 0.3 is 0 Å². The van der Waals surface area contributed by atoms with Crippen LogP contribution in [-0.2, 0) is 21.7 Å². The van der Waals surface area contributed by atoms with Gasteiger partial charge in [0.05, 0.1) is 6.10 Å². The van der Waals surface area contributed by atoms with Crippen molar-refractivity contribution in [1.82, 2.24) is 20.5 Å². The zero-order valence-corrected chi connectivity index (χ0v) is 29.9. The highest BCUT2D eigenvalue weighted by Gasteiger charge is 2.46. The van der Waals surface area contributed by atoms with Crippen LogP contribution in [0.15, 0.2) is 65.8 Å². The fourth-order valence-electron chi connectivity index (χ4n) is 5.97. The monoisotopic (exact) mass is 708 g/mol. The number of para-hydroxylation sites is 1. The van der Waals surface area contributed by atoms with Crippen LogP contribution in [0.25, 0.3) is 11.1 Å². The van der Waals surface area contributed by atoms with E-state index in [0.717, 1.165) is 65.2 Å². The predicted molar refractivity (Wildman–Crippen MR) is 195 cm³/mol. The molecule has 0 bridgehead atoms. The number of benzene rings is 2. The van der Waals surface area contributed by atoms with Crippen molar-refractivity contribution in [2.45, 2.75) is 93.9 Å². The minimum Gasteiger partial charge on any atom is -0.490 e. The molecule has 49 heavy (non-hydrogen) atoms. The Labute approximate surface area is 299 Å². The summed E-state index contributed by atoms with van der Waals surface area (Å²) in [5.74, 6) is 1.31. The third-order valence-corrected chi connectivity index (χ3v) is 10.5. The van der Waals surface area contributed by atoms with Crippen LogP contribution in [0.5, 0.6) is 5.75 Å². The quantitative estimate of drug-likeness (QED) is 0.0776. The molecule has 1 aromatic heterocycles. The first-order valence-corrected chi connectivity index (χ1v) is 18.8. The first-order chi connectivity index (χ1) is 23.8. The molecule has 2 fully saturated rings. The molecule has 2 aromatic carbocycles. The molecular formula is C38H49ClN4O5S. The van der Waals surface area contributed by atoms with Gasteiger partial charge in [0, 0.05) is 73.1 Å². The molecule has 5 rings (SSSR count). The maximum atomic E-state index is 13.0. The van der Waals surface area contributed by atoms with Gasteiger partial charge in [0.25, 0.3) is 5.91 Å². The lowest BCUT2D eigenvalue weighted by Gasteiger charge is -2.25. The highest BCUT2D eigenvalue weighted by Crippen LogP contribution is 2.50. The fourth-order valence-corrected chi connectivity index (χ4v) is 7.05. The van der Waals surface area contributed by atoms with Gasteiger partial charge in [-0.05, 0) is 111 Å². The predicted octanol–water partition coefficient (Wildman–Crippen LogP) is 6.08. The topological polar surface area (TPSA) is 124 Å². The zero-order valence-electron chi connectivity index (χ0n) is 28.3. The molecule has 9 nitrogen and oxygen atoms in total. The zero-order chi connectivity index (χ0) is 34.6. The summed E-state index contributed by atoms with van der Waals surface area (Å²) in [6.07, 6.45) is 10.1. The Morgan fingerprint density at radius 2 is 1.88 bits per heavy atom. The number of aromatic nitrogens is 1. The second-order valence-electron chi connectivity index (χ2n) is 13.0.